The molecule has 4 rings (SSSR count). The molecule has 0 aromatic carbocycles. The number of hydrogen-bond donors (Lipinski definition) is 2. The maximum absolute atomic E-state index is 13.6. The number of nitriles is 1. The molecule has 2 saturated carbocycles. The molecule has 212 valence electrons. The van der Waals surface area contributed by atoms with Gasteiger partial charge in [0.25, 0.3) is 0 Å². The Morgan fingerprint density at radius 1 is 1.10 bits per heavy atom. The maximum Gasteiger partial charge on any atom is 0.244 e. The third-order valence-corrected chi connectivity index (χ3v) is 11.8. The molecule has 2 amide bonds. The van der Waals surface area contributed by atoms with E-state index in [1.807, 2.05) is 19.1 Å². The highest BCUT2D eigenvalue weighted by molar-refractivity contribution is 6.02. The van der Waals surface area contributed by atoms with Crippen molar-refractivity contribution in [2.24, 2.45) is 44.8 Å². The Kier molecular flexibility index (Phi) is 7.28. The molecule has 4 aliphatic carbocycles. The Hall–Kier alpha value is -2.75. The summed E-state index contributed by atoms with van der Waals surface area (Å²) in [4.78, 5) is 50.8. The summed E-state index contributed by atoms with van der Waals surface area (Å²) >= 11 is 0. The van der Waals surface area contributed by atoms with Crippen molar-refractivity contribution in [3.63, 3.8) is 0 Å². The lowest BCUT2D eigenvalue weighted by atomic mass is 9.41. The first-order valence-electron chi connectivity index (χ1n) is 14.5. The molecular formula is C32H45N3O4. The number of allylic oxidation sites excluding steroid dienone is 4. The summed E-state index contributed by atoms with van der Waals surface area (Å²) in [6.45, 7) is 15.1. The van der Waals surface area contributed by atoms with Crippen LogP contribution in [-0.2, 0) is 19.2 Å². The molecule has 0 bridgehead atoms. The average molecular weight is 536 g/mol. The van der Waals surface area contributed by atoms with Crippen LogP contribution >= 0.6 is 0 Å². The molecule has 39 heavy (non-hydrogen) atoms. The minimum absolute atomic E-state index is 0.0451. The van der Waals surface area contributed by atoms with E-state index < -0.39 is 16.2 Å². The molecule has 1 unspecified atom stereocenters. The van der Waals surface area contributed by atoms with Gasteiger partial charge in [0.2, 0.25) is 12.3 Å². The first-order chi connectivity index (χ1) is 18.1. The molecule has 0 heterocycles. The number of fused-ring (bicyclic) bond motifs is 3. The van der Waals surface area contributed by atoms with Gasteiger partial charge in [-0.1, -0.05) is 60.1 Å². The van der Waals surface area contributed by atoms with E-state index >= 15 is 0 Å². The van der Waals surface area contributed by atoms with E-state index in [0.717, 1.165) is 37.7 Å². The molecule has 0 spiro atoms. The molecule has 0 saturated heterocycles. The summed E-state index contributed by atoms with van der Waals surface area (Å²) < 4.78 is 0. The predicted octanol–water partition coefficient (Wildman–Crippen LogP) is 5.37. The van der Waals surface area contributed by atoms with Crippen molar-refractivity contribution in [2.75, 3.05) is 0 Å². The van der Waals surface area contributed by atoms with Crippen LogP contribution in [0.15, 0.2) is 23.3 Å². The van der Waals surface area contributed by atoms with Crippen LogP contribution in [0.5, 0.6) is 0 Å². The number of Topliss-reactive ketones (excluding diaryl/α,β-unsaturated/α-hetero) is 1. The molecule has 4 aliphatic rings. The van der Waals surface area contributed by atoms with Gasteiger partial charge in [0.15, 0.2) is 11.6 Å². The first kappa shape index (κ1) is 29.2. The zero-order valence-corrected chi connectivity index (χ0v) is 24.7. The number of nitrogens with one attached hydrogen (secondary N) is 2. The van der Waals surface area contributed by atoms with Crippen LogP contribution < -0.4 is 10.9 Å². The van der Waals surface area contributed by atoms with Gasteiger partial charge in [-0.2, -0.15) is 5.26 Å². The Morgan fingerprint density at radius 2 is 1.79 bits per heavy atom. The normalized spacial score (nSPS) is 41.2. The van der Waals surface area contributed by atoms with Crippen molar-refractivity contribution in [3.05, 3.63) is 23.3 Å². The van der Waals surface area contributed by atoms with E-state index in [2.05, 4.69) is 58.5 Å². The number of hydrazine groups is 1. The smallest absolute Gasteiger partial charge is 0.244 e. The molecule has 7 atom stereocenters. The second-order valence-electron chi connectivity index (χ2n) is 14.5. The minimum atomic E-state index is -0.643. The second-order valence-corrected chi connectivity index (χ2v) is 14.5. The molecule has 0 aromatic rings. The highest BCUT2D eigenvalue weighted by Crippen LogP contribution is 2.68. The Bertz CT molecular complexity index is 1190. The fourth-order valence-corrected chi connectivity index (χ4v) is 9.09. The number of rotatable bonds is 6. The van der Waals surface area contributed by atoms with Crippen molar-refractivity contribution in [2.45, 2.75) is 99.8 Å². The van der Waals surface area contributed by atoms with E-state index in [1.165, 1.54) is 0 Å². The number of carbonyl (C=O) groups excluding carboxylic acids is 4. The van der Waals surface area contributed by atoms with Crippen molar-refractivity contribution in [3.8, 4) is 6.07 Å². The number of amides is 2. The Labute approximate surface area is 233 Å². The molecule has 2 fully saturated rings. The lowest BCUT2D eigenvalue weighted by molar-refractivity contribution is -0.143. The Balaban J connectivity index is 1.72. The number of carbonyl (C=O) groups is 4. The van der Waals surface area contributed by atoms with Crippen molar-refractivity contribution >= 4 is 23.9 Å². The van der Waals surface area contributed by atoms with Gasteiger partial charge in [0, 0.05) is 17.8 Å². The Morgan fingerprint density at radius 3 is 2.41 bits per heavy atom. The van der Waals surface area contributed by atoms with E-state index in [-0.39, 0.29) is 51.6 Å². The van der Waals surface area contributed by atoms with Gasteiger partial charge < -0.3 is 0 Å². The topological polar surface area (TPSA) is 116 Å². The fourth-order valence-electron chi connectivity index (χ4n) is 9.09. The van der Waals surface area contributed by atoms with Crippen LogP contribution in [0.4, 0.5) is 0 Å². The standard InChI is InChI=1S/C32H45N3O4/c1-20-15-28(3,4)10-12-32(20,27(39)35-34-19-36)13-11-29(5)17-23(37)14-25-30(6)16-22(18-33)26(38)21(2)24(30)8-9-31(25,29)7/h14,16,19-21,24H,8-13,15,17H2,1-7H3,(H,34,36)(H,35,39)/t20?,21-,24-,29+,30-,31+,32-/m0/s1. The van der Waals surface area contributed by atoms with Crippen molar-refractivity contribution < 1.29 is 19.2 Å². The maximum atomic E-state index is 13.6. The average Bonchev–Trinajstić information content (AvgIpc) is 2.86. The molecular weight excluding hydrogens is 490 g/mol. The van der Waals surface area contributed by atoms with Gasteiger partial charge in [-0.15, -0.1) is 0 Å². The molecule has 0 radical (unpaired) electrons. The van der Waals surface area contributed by atoms with Gasteiger partial charge in [-0.3, -0.25) is 30.0 Å². The molecule has 2 N–H and O–H groups in total. The molecule has 7 heteroatoms. The van der Waals surface area contributed by atoms with Crippen LogP contribution in [0.2, 0.25) is 0 Å². The second kappa shape index (κ2) is 9.71. The number of nitrogens with zero attached hydrogens (tertiary/aromatic N) is 1. The van der Waals surface area contributed by atoms with Crippen LogP contribution in [-0.4, -0.2) is 23.9 Å². The summed E-state index contributed by atoms with van der Waals surface area (Å²) in [5.41, 5.74) is 4.47. The third kappa shape index (κ3) is 4.48. The lowest BCUT2D eigenvalue weighted by Gasteiger charge is -2.61. The SMILES string of the molecule is CC1CC(C)(C)CC[C@@]1(CC[C@]1(C)CC(=O)C=C2[C@@]3(C)C=C(C#N)C(=O)[C@@H](C)[C@@H]3CC[C@]21C)C(=O)NNC=O. The predicted molar refractivity (Wildman–Crippen MR) is 148 cm³/mol. The number of ketones is 2. The number of hydrogen-bond acceptors (Lipinski definition) is 5. The van der Waals surface area contributed by atoms with Gasteiger partial charge in [0.05, 0.1) is 11.0 Å². The monoisotopic (exact) mass is 535 g/mol. The first-order valence-corrected chi connectivity index (χ1v) is 14.5. The third-order valence-electron chi connectivity index (χ3n) is 11.8. The quantitative estimate of drug-likeness (QED) is 0.350. The van der Waals surface area contributed by atoms with Crippen LogP contribution in [0.1, 0.15) is 99.8 Å². The van der Waals surface area contributed by atoms with Crippen molar-refractivity contribution in [1.82, 2.24) is 10.9 Å². The fraction of sp³-hybridized carbons (Fsp3) is 0.719. The van der Waals surface area contributed by atoms with Gasteiger partial charge >= 0.3 is 0 Å². The zero-order chi connectivity index (χ0) is 29.0. The van der Waals surface area contributed by atoms with Gasteiger partial charge in [0.1, 0.15) is 6.07 Å². The van der Waals surface area contributed by atoms with Crippen LogP contribution in [0.3, 0.4) is 0 Å². The zero-order valence-electron chi connectivity index (χ0n) is 24.7. The summed E-state index contributed by atoms with van der Waals surface area (Å²) in [7, 11) is 0. The van der Waals surface area contributed by atoms with E-state index in [4.69, 9.17) is 0 Å². The minimum Gasteiger partial charge on any atom is -0.295 e. The lowest BCUT2D eigenvalue weighted by Crippen LogP contribution is -2.56. The van der Waals surface area contributed by atoms with E-state index in [0.29, 0.717) is 25.7 Å². The largest absolute Gasteiger partial charge is 0.295 e. The van der Waals surface area contributed by atoms with E-state index in [9.17, 15) is 24.4 Å². The summed E-state index contributed by atoms with van der Waals surface area (Å²) in [6.07, 6.45) is 10.1. The summed E-state index contributed by atoms with van der Waals surface area (Å²) in [5, 5.41) is 9.74. The van der Waals surface area contributed by atoms with Gasteiger partial charge in [-0.05, 0) is 79.1 Å². The summed E-state index contributed by atoms with van der Waals surface area (Å²) in [6, 6.07) is 2.12. The highest BCUT2D eigenvalue weighted by atomic mass is 16.2. The molecule has 7 nitrogen and oxygen atoms in total. The summed E-state index contributed by atoms with van der Waals surface area (Å²) in [5.74, 6) is -0.292. The van der Waals surface area contributed by atoms with Crippen molar-refractivity contribution in [1.29, 1.82) is 5.26 Å². The highest BCUT2D eigenvalue weighted by Gasteiger charge is 2.61. The van der Waals surface area contributed by atoms with Crippen LogP contribution in [0.25, 0.3) is 0 Å². The molecule has 0 aromatic heterocycles. The van der Waals surface area contributed by atoms with E-state index in [1.54, 1.807) is 0 Å². The molecule has 0 aliphatic heterocycles. The van der Waals surface area contributed by atoms with Crippen LogP contribution in [0, 0.1) is 56.2 Å². The van der Waals surface area contributed by atoms with Gasteiger partial charge in [-0.25, -0.2) is 0 Å².